The van der Waals surface area contributed by atoms with E-state index in [1.165, 1.54) is 13.0 Å². The highest BCUT2D eigenvalue weighted by Crippen LogP contribution is 2.20. The standard InChI is InChI=1S/C19H21ClN2O4S/c1-12-4-7-15(8-5-12)21-18(23)11-27(25,26)14(3)19(24)22-16-9-6-13(2)17(20)10-16/h4-10,14H,11H2,1-3H3,(H,21,23)(H,22,24). The Labute approximate surface area is 163 Å². The minimum Gasteiger partial charge on any atom is -0.325 e. The Balaban J connectivity index is 2.01. The largest absolute Gasteiger partial charge is 0.325 e. The van der Waals surface area contributed by atoms with Gasteiger partial charge in [0.05, 0.1) is 0 Å². The quantitative estimate of drug-likeness (QED) is 0.766. The fourth-order valence-electron chi connectivity index (χ4n) is 2.22. The van der Waals surface area contributed by atoms with Crippen LogP contribution in [0.5, 0.6) is 0 Å². The monoisotopic (exact) mass is 408 g/mol. The lowest BCUT2D eigenvalue weighted by molar-refractivity contribution is -0.115. The molecule has 0 saturated carbocycles. The molecule has 0 spiro atoms. The van der Waals surface area contributed by atoms with Gasteiger partial charge in [-0.05, 0) is 50.6 Å². The summed E-state index contributed by atoms with van der Waals surface area (Å²) in [7, 11) is -3.98. The van der Waals surface area contributed by atoms with E-state index in [9.17, 15) is 18.0 Å². The summed E-state index contributed by atoms with van der Waals surface area (Å²) in [6.07, 6.45) is 0. The van der Waals surface area contributed by atoms with Gasteiger partial charge in [-0.1, -0.05) is 35.4 Å². The van der Waals surface area contributed by atoms with Crippen molar-refractivity contribution in [1.82, 2.24) is 0 Å². The van der Waals surface area contributed by atoms with Gasteiger partial charge in [-0.3, -0.25) is 9.59 Å². The average molecular weight is 409 g/mol. The van der Waals surface area contributed by atoms with E-state index < -0.39 is 32.7 Å². The van der Waals surface area contributed by atoms with Crippen molar-refractivity contribution in [3.8, 4) is 0 Å². The SMILES string of the molecule is Cc1ccc(NC(=O)CS(=O)(=O)C(C)C(=O)Nc2ccc(C)c(Cl)c2)cc1. The third-order valence-corrected chi connectivity index (χ3v) is 6.38. The highest BCUT2D eigenvalue weighted by atomic mass is 35.5. The zero-order valence-electron chi connectivity index (χ0n) is 15.2. The molecule has 0 radical (unpaired) electrons. The summed E-state index contributed by atoms with van der Waals surface area (Å²) >= 11 is 6.00. The number of hydrogen-bond donors (Lipinski definition) is 2. The molecular formula is C19H21ClN2O4S. The predicted octanol–water partition coefficient (Wildman–Crippen LogP) is 3.34. The van der Waals surface area contributed by atoms with E-state index in [-0.39, 0.29) is 0 Å². The molecule has 27 heavy (non-hydrogen) atoms. The number of benzene rings is 2. The predicted molar refractivity (Wildman–Crippen MR) is 108 cm³/mol. The third kappa shape index (κ3) is 5.80. The molecule has 8 heteroatoms. The van der Waals surface area contributed by atoms with Crippen molar-refractivity contribution in [1.29, 1.82) is 0 Å². The van der Waals surface area contributed by atoms with E-state index in [0.29, 0.717) is 16.4 Å². The minimum absolute atomic E-state index is 0.391. The first-order valence-corrected chi connectivity index (χ1v) is 10.3. The Kier molecular flexibility index (Phi) is 6.62. The van der Waals surface area contributed by atoms with E-state index in [4.69, 9.17) is 11.6 Å². The summed E-state index contributed by atoms with van der Waals surface area (Å²) in [4.78, 5) is 24.3. The van der Waals surface area contributed by atoms with E-state index in [0.717, 1.165) is 11.1 Å². The van der Waals surface area contributed by atoms with Crippen molar-refractivity contribution in [3.63, 3.8) is 0 Å². The molecule has 2 rings (SSSR count). The third-order valence-electron chi connectivity index (χ3n) is 4.01. The van der Waals surface area contributed by atoms with E-state index in [2.05, 4.69) is 10.6 Å². The number of carbonyl (C=O) groups is 2. The van der Waals surface area contributed by atoms with Crippen LogP contribution in [0.15, 0.2) is 42.5 Å². The van der Waals surface area contributed by atoms with Crippen molar-refractivity contribution in [2.75, 3.05) is 16.4 Å². The summed E-state index contributed by atoms with van der Waals surface area (Å²) in [5, 5.41) is 4.10. The second kappa shape index (κ2) is 8.54. The van der Waals surface area contributed by atoms with Crippen LogP contribution in [0.4, 0.5) is 11.4 Å². The molecule has 1 unspecified atom stereocenters. The molecule has 2 amide bonds. The van der Waals surface area contributed by atoms with E-state index in [1.807, 2.05) is 13.8 Å². The van der Waals surface area contributed by atoms with Crippen molar-refractivity contribution in [2.24, 2.45) is 0 Å². The molecule has 0 saturated heterocycles. The van der Waals surface area contributed by atoms with Crippen LogP contribution in [-0.4, -0.2) is 31.2 Å². The number of aryl methyl sites for hydroxylation is 2. The minimum atomic E-state index is -3.98. The Morgan fingerprint density at radius 3 is 2.19 bits per heavy atom. The second-order valence-electron chi connectivity index (χ2n) is 6.32. The first-order chi connectivity index (χ1) is 12.6. The average Bonchev–Trinajstić information content (AvgIpc) is 2.59. The van der Waals surface area contributed by atoms with Crippen molar-refractivity contribution in [3.05, 3.63) is 58.6 Å². The first-order valence-electron chi connectivity index (χ1n) is 8.23. The Morgan fingerprint density at radius 2 is 1.59 bits per heavy atom. The number of hydrogen-bond acceptors (Lipinski definition) is 4. The topological polar surface area (TPSA) is 92.3 Å². The number of sulfone groups is 1. The van der Waals surface area contributed by atoms with Crippen LogP contribution in [0.1, 0.15) is 18.1 Å². The number of carbonyl (C=O) groups excluding carboxylic acids is 2. The van der Waals surface area contributed by atoms with Gasteiger partial charge in [-0.15, -0.1) is 0 Å². The van der Waals surface area contributed by atoms with Gasteiger partial charge in [-0.2, -0.15) is 0 Å². The van der Waals surface area contributed by atoms with Crippen LogP contribution in [0.25, 0.3) is 0 Å². The molecule has 2 aromatic carbocycles. The van der Waals surface area contributed by atoms with Crippen molar-refractivity contribution in [2.45, 2.75) is 26.0 Å². The van der Waals surface area contributed by atoms with Gasteiger partial charge in [0.2, 0.25) is 11.8 Å². The maximum Gasteiger partial charge on any atom is 0.242 e. The van der Waals surface area contributed by atoms with Gasteiger partial charge in [0.25, 0.3) is 0 Å². The number of rotatable bonds is 6. The molecule has 1 atom stereocenters. The van der Waals surface area contributed by atoms with Gasteiger partial charge in [0.15, 0.2) is 9.84 Å². The van der Waals surface area contributed by atoms with Crippen LogP contribution >= 0.6 is 11.6 Å². The molecule has 0 bridgehead atoms. The molecule has 6 nitrogen and oxygen atoms in total. The van der Waals surface area contributed by atoms with Gasteiger partial charge in [0, 0.05) is 16.4 Å². The molecule has 2 N–H and O–H groups in total. The van der Waals surface area contributed by atoms with E-state index >= 15 is 0 Å². The van der Waals surface area contributed by atoms with Crippen molar-refractivity contribution < 1.29 is 18.0 Å². The van der Waals surface area contributed by atoms with E-state index in [1.54, 1.807) is 36.4 Å². The molecule has 2 aromatic rings. The molecule has 0 fully saturated rings. The molecule has 0 aromatic heterocycles. The maximum absolute atomic E-state index is 12.4. The summed E-state index contributed by atoms with van der Waals surface area (Å²) in [6, 6.07) is 11.8. The van der Waals surface area contributed by atoms with Crippen LogP contribution in [0, 0.1) is 13.8 Å². The zero-order valence-corrected chi connectivity index (χ0v) is 16.8. The van der Waals surface area contributed by atoms with Gasteiger partial charge in [0.1, 0.15) is 11.0 Å². The summed E-state index contributed by atoms with van der Waals surface area (Å²) in [6.45, 7) is 4.96. The second-order valence-corrected chi connectivity index (χ2v) is 9.05. The molecular weight excluding hydrogens is 388 g/mol. The van der Waals surface area contributed by atoms with Crippen LogP contribution in [0.3, 0.4) is 0 Å². The number of halogens is 1. The summed E-state index contributed by atoms with van der Waals surface area (Å²) in [5.41, 5.74) is 2.74. The molecule has 0 aliphatic carbocycles. The fraction of sp³-hybridized carbons (Fsp3) is 0.263. The Hall–Kier alpha value is -2.38. The number of amides is 2. The first kappa shape index (κ1) is 20.9. The summed E-state index contributed by atoms with van der Waals surface area (Å²) in [5.74, 6) is -2.21. The molecule has 0 aliphatic rings. The summed E-state index contributed by atoms with van der Waals surface area (Å²) < 4.78 is 24.8. The van der Waals surface area contributed by atoms with Crippen molar-refractivity contribution >= 4 is 44.6 Å². The normalized spacial score (nSPS) is 12.3. The lowest BCUT2D eigenvalue weighted by Crippen LogP contribution is -2.37. The molecule has 144 valence electrons. The molecule has 0 aliphatic heterocycles. The number of nitrogens with one attached hydrogen (secondary N) is 2. The fourth-order valence-corrected chi connectivity index (χ4v) is 3.47. The lowest BCUT2D eigenvalue weighted by Gasteiger charge is -2.14. The van der Waals surface area contributed by atoms with Gasteiger partial charge >= 0.3 is 0 Å². The molecule has 0 heterocycles. The Bertz CT molecular complexity index is 956. The smallest absolute Gasteiger partial charge is 0.242 e. The van der Waals surface area contributed by atoms with Crippen LogP contribution < -0.4 is 10.6 Å². The highest BCUT2D eigenvalue weighted by Gasteiger charge is 2.30. The number of anilines is 2. The van der Waals surface area contributed by atoms with Gasteiger partial charge in [-0.25, -0.2) is 8.42 Å². The van der Waals surface area contributed by atoms with Crippen LogP contribution in [-0.2, 0) is 19.4 Å². The highest BCUT2D eigenvalue weighted by molar-refractivity contribution is 7.93. The zero-order chi connectivity index (χ0) is 20.2. The van der Waals surface area contributed by atoms with Gasteiger partial charge < -0.3 is 10.6 Å². The maximum atomic E-state index is 12.4. The van der Waals surface area contributed by atoms with Crippen LogP contribution in [0.2, 0.25) is 5.02 Å². The lowest BCUT2D eigenvalue weighted by atomic mass is 10.2. The Morgan fingerprint density at radius 1 is 1.00 bits per heavy atom.